The van der Waals surface area contributed by atoms with E-state index in [1.54, 1.807) is 12.1 Å². The maximum absolute atomic E-state index is 11.5. The van der Waals surface area contributed by atoms with Gasteiger partial charge in [0.2, 0.25) is 0 Å². The van der Waals surface area contributed by atoms with Gasteiger partial charge in [-0.2, -0.15) is 0 Å². The van der Waals surface area contributed by atoms with Gasteiger partial charge in [0.25, 0.3) is 0 Å². The van der Waals surface area contributed by atoms with Crippen LogP contribution >= 0.6 is 0 Å². The molecule has 0 radical (unpaired) electrons. The Hall–Kier alpha value is -2.21. The third-order valence-electron chi connectivity index (χ3n) is 2.29. The summed E-state index contributed by atoms with van der Waals surface area (Å²) >= 11 is 0. The minimum Gasteiger partial charge on any atom is -0.464 e. The van der Waals surface area contributed by atoms with Gasteiger partial charge in [0.15, 0.2) is 6.29 Å². The number of benzene rings is 1. The van der Waals surface area contributed by atoms with Crippen LogP contribution in [0.15, 0.2) is 24.3 Å². The molecule has 0 fully saturated rings. The fourth-order valence-corrected chi connectivity index (χ4v) is 1.34. The molecule has 21 heavy (non-hydrogen) atoms. The molecule has 0 saturated carbocycles. The van der Waals surface area contributed by atoms with Crippen molar-refractivity contribution in [2.45, 2.75) is 13.8 Å². The predicted octanol–water partition coefficient (Wildman–Crippen LogP) is 1.62. The smallest absolute Gasteiger partial charge is 0.337 e. The second-order valence-corrected chi connectivity index (χ2v) is 4.70. The number of hydrogen-bond donors (Lipinski definition) is 0. The Labute approximate surface area is 123 Å². The lowest BCUT2D eigenvalue weighted by Gasteiger charge is -2.08. The predicted molar refractivity (Wildman–Crippen MR) is 74.1 cm³/mol. The molecule has 0 atom stereocenters. The molecule has 0 spiro atoms. The Kier molecular flexibility index (Phi) is 7.11. The molecule has 114 valence electrons. The van der Waals surface area contributed by atoms with Crippen molar-refractivity contribution < 1.29 is 28.6 Å². The van der Waals surface area contributed by atoms with Gasteiger partial charge in [-0.15, -0.1) is 0 Å². The lowest BCUT2D eigenvalue weighted by atomic mass is 10.2. The van der Waals surface area contributed by atoms with Crippen LogP contribution in [-0.4, -0.2) is 38.0 Å². The number of carbonyl (C=O) groups excluding carboxylic acids is 3. The molecule has 0 aromatic heterocycles. The molecular weight excluding hydrogens is 276 g/mol. The van der Waals surface area contributed by atoms with Crippen molar-refractivity contribution in [3.8, 4) is 5.75 Å². The minimum atomic E-state index is -0.694. The maximum atomic E-state index is 11.5. The van der Waals surface area contributed by atoms with Gasteiger partial charge in [0, 0.05) is 0 Å². The molecule has 0 bridgehead atoms. The molecule has 1 aromatic rings. The zero-order chi connectivity index (χ0) is 15.7. The first-order valence-corrected chi connectivity index (χ1v) is 6.51. The van der Waals surface area contributed by atoms with Gasteiger partial charge in [0.05, 0.1) is 12.2 Å². The third kappa shape index (κ3) is 6.67. The van der Waals surface area contributed by atoms with Crippen molar-refractivity contribution in [1.82, 2.24) is 0 Å². The first-order valence-electron chi connectivity index (χ1n) is 6.51. The van der Waals surface area contributed by atoms with Gasteiger partial charge in [-0.25, -0.2) is 9.59 Å². The van der Waals surface area contributed by atoms with Crippen molar-refractivity contribution >= 4 is 18.2 Å². The maximum Gasteiger partial charge on any atom is 0.337 e. The average molecular weight is 294 g/mol. The van der Waals surface area contributed by atoms with E-state index in [9.17, 15) is 14.4 Å². The fourth-order valence-electron chi connectivity index (χ4n) is 1.34. The molecule has 0 saturated heterocycles. The SMILES string of the molecule is CC(C)COC(=O)COCC(=O)Oc1ccccc1C=O. The van der Waals surface area contributed by atoms with Crippen LogP contribution < -0.4 is 4.74 Å². The van der Waals surface area contributed by atoms with Gasteiger partial charge in [-0.1, -0.05) is 26.0 Å². The van der Waals surface area contributed by atoms with E-state index < -0.39 is 18.5 Å². The highest BCUT2D eigenvalue weighted by molar-refractivity contribution is 5.82. The molecule has 1 rings (SSSR count). The lowest BCUT2D eigenvalue weighted by Crippen LogP contribution is -2.21. The topological polar surface area (TPSA) is 78.9 Å². The van der Waals surface area contributed by atoms with Gasteiger partial charge < -0.3 is 14.2 Å². The first kappa shape index (κ1) is 16.8. The molecule has 1 aromatic carbocycles. The van der Waals surface area contributed by atoms with Crippen molar-refractivity contribution in [3.05, 3.63) is 29.8 Å². The molecule has 0 unspecified atom stereocenters. The Balaban J connectivity index is 2.31. The highest BCUT2D eigenvalue weighted by atomic mass is 16.6. The summed E-state index contributed by atoms with van der Waals surface area (Å²) in [7, 11) is 0. The van der Waals surface area contributed by atoms with Crippen LogP contribution in [0.2, 0.25) is 0 Å². The molecule has 6 heteroatoms. The van der Waals surface area contributed by atoms with Crippen LogP contribution in [0.4, 0.5) is 0 Å². The van der Waals surface area contributed by atoms with Crippen LogP contribution in [0.3, 0.4) is 0 Å². The van der Waals surface area contributed by atoms with Crippen molar-refractivity contribution in [1.29, 1.82) is 0 Å². The lowest BCUT2D eigenvalue weighted by molar-refractivity contribution is -0.152. The van der Waals surface area contributed by atoms with E-state index in [-0.39, 0.29) is 23.8 Å². The number of esters is 2. The molecule has 0 aliphatic carbocycles. The fraction of sp³-hybridized carbons (Fsp3) is 0.400. The average Bonchev–Trinajstić information content (AvgIpc) is 2.45. The van der Waals surface area contributed by atoms with Crippen LogP contribution in [0.5, 0.6) is 5.75 Å². The molecule has 6 nitrogen and oxygen atoms in total. The summed E-state index contributed by atoms with van der Waals surface area (Å²) in [6, 6.07) is 6.32. The molecule has 0 aliphatic rings. The van der Waals surface area contributed by atoms with E-state index in [1.165, 1.54) is 12.1 Å². The van der Waals surface area contributed by atoms with Gasteiger partial charge >= 0.3 is 11.9 Å². The normalized spacial score (nSPS) is 10.2. The standard InChI is InChI=1S/C15H18O6/c1-11(2)8-20-14(17)9-19-10-15(18)21-13-6-4-3-5-12(13)7-16/h3-7,11H,8-10H2,1-2H3. The number of rotatable bonds is 8. The Morgan fingerprint density at radius 3 is 2.48 bits per heavy atom. The number of carbonyl (C=O) groups is 3. The summed E-state index contributed by atoms with van der Waals surface area (Å²) in [5.74, 6) is -0.840. The van der Waals surface area contributed by atoms with Gasteiger partial charge in [-0.05, 0) is 18.1 Å². The number of ether oxygens (including phenoxy) is 3. The summed E-state index contributed by atoms with van der Waals surface area (Å²) in [6.07, 6.45) is 0.590. The number of hydrogen-bond acceptors (Lipinski definition) is 6. The second-order valence-electron chi connectivity index (χ2n) is 4.70. The van der Waals surface area contributed by atoms with Crippen LogP contribution in [0.1, 0.15) is 24.2 Å². The van der Waals surface area contributed by atoms with Gasteiger partial charge in [0.1, 0.15) is 19.0 Å². The van der Waals surface area contributed by atoms with E-state index in [0.717, 1.165) is 0 Å². The first-order chi connectivity index (χ1) is 10.0. The van der Waals surface area contributed by atoms with E-state index in [1.807, 2.05) is 13.8 Å². The van der Waals surface area contributed by atoms with Crippen LogP contribution in [0, 0.1) is 5.92 Å². The summed E-state index contributed by atoms with van der Waals surface area (Å²) in [4.78, 5) is 33.5. The van der Waals surface area contributed by atoms with E-state index in [2.05, 4.69) is 0 Å². The molecular formula is C15H18O6. The zero-order valence-electron chi connectivity index (χ0n) is 12.0. The molecule has 0 aliphatic heterocycles. The Bertz CT molecular complexity index is 495. The van der Waals surface area contributed by atoms with Crippen molar-refractivity contribution in [2.24, 2.45) is 5.92 Å². The van der Waals surface area contributed by atoms with Crippen molar-refractivity contribution in [3.63, 3.8) is 0 Å². The largest absolute Gasteiger partial charge is 0.464 e. The van der Waals surface area contributed by atoms with Gasteiger partial charge in [-0.3, -0.25) is 4.79 Å². The summed E-state index contributed by atoms with van der Waals surface area (Å²) < 4.78 is 14.7. The molecule has 0 N–H and O–H groups in total. The summed E-state index contributed by atoms with van der Waals surface area (Å²) in [5.41, 5.74) is 0.266. The minimum absolute atomic E-state index is 0.156. The quantitative estimate of drug-likeness (QED) is 0.412. The number of para-hydroxylation sites is 1. The van der Waals surface area contributed by atoms with Crippen molar-refractivity contribution in [2.75, 3.05) is 19.8 Å². The summed E-state index contributed by atoms with van der Waals surface area (Å²) in [6.45, 7) is 3.41. The molecule has 0 heterocycles. The molecule has 0 amide bonds. The Morgan fingerprint density at radius 1 is 1.14 bits per heavy atom. The summed E-state index contributed by atoms with van der Waals surface area (Å²) in [5, 5.41) is 0. The van der Waals surface area contributed by atoms with Crippen LogP contribution in [0.25, 0.3) is 0 Å². The number of aldehydes is 1. The highest BCUT2D eigenvalue weighted by Gasteiger charge is 2.11. The van der Waals surface area contributed by atoms with Crippen LogP contribution in [-0.2, 0) is 19.1 Å². The van der Waals surface area contributed by atoms with E-state index >= 15 is 0 Å². The van der Waals surface area contributed by atoms with E-state index in [4.69, 9.17) is 14.2 Å². The highest BCUT2D eigenvalue weighted by Crippen LogP contribution is 2.15. The van der Waals surface area contributed by atoms with E-state index in [0.29, 0.717) is 12.9 Å². The zero-order valence-corrected chi connectivity index (χ0v) is 12.0. The third-order valence-corrected chi connectivity index (χ3v) is 2.29. The Morgan fingerprint density at radius 2 is 1.81 bits per heavy atom. The monoisotopic (exact) mass is 294 g/mol. The second kappa shape index (κ2) is 8.86.